The highest BCUT2D eigenvalue weighted by molar-refractivity contribution is 8.13. The second-order valence-corrected chi connectivity index (χ2v) is 14.3. The van der Waals surface area contributed by atoms with E-state index in [1.165, 1.54) is 60.6 Å². The zero-order chi connectivity index (χ0) is 31.3. The number of benzene rings is 2. The van der Waals surface area contributed by atoms with Crippen LogP contribution in [0.2, 0.25) is 0 Å². The topological polar surface area (TPSA) is 139 Å². The van der Waals surface area contributed by atoms with E-state index in [0.717, 1.165) is 66.6 Å². The van der Waals surface area contributed by atoms with Gasteiger partial charge >= 0.3 is 5.69 Å². The maximum absolute atomic E-state index is 13.2. The normalized spacial score (nSPS) is 19.7. The van der Waals surface area contributed by atoms with Gasteiger partial charge in [0.15, 0.2) is 5.17 Å². The van der Waals surface area contributed by atoms with Crippen LogP contribution in [0.1, 0.15) is 99.8 Å². The Bertz CT molecular complexity index is 1670. The molecule has 3 heterocycles. The number of fused-ring (bicyclic) bond motifs is 1. The number of rotatable bonds is 11. The quantitative estimate of drug-likeness (QED) is 0.0907. The van der Waals surface area contributed by atoms with Crippen molar-refractivity contribution in [3.05, 3.63) is 81.9 Å². The Morgan fingerprint density at radius 2 is 1.87 bits per heavy atom. The Balaban J connectivity index is 1.22. The molecule has 0 spiro atoms. The summed E-state index contributed by atoms with van der Waals surface area (Å²) >= 11 is 1.41. The van der Waals surface area contributed by atoms with Crippen molar-refractivity contribution < 1.29 is 0 Å². The Labute approximate surface area is 270 Å². The minimum atomic E-state index is -0.293. The molecule has 2 aliphatic rings. The molecule has 1 saturated carbocycles. The van der Waals surface area contributed by atoms with Crippen LogP contribution in [0.3, 0.4) is 0 Å². The second-order valence-electron chi connectivity index (χ2n) is 13.1. The maximum atomic E-state index is 13.2. The average Bonchev–Trinajstić information content (AvgIpc) is 3.71. The molecule has 9 heteroatoms. The van der Waals surface area contributed by atoms with Gasteiger partial charge in [-0.1, -0.05) is 49.2 Å². The lowest BCUT2D eigenvalue weighted by Gasteiger charge is -2.31. The number of H-pyrrole nitrogens is 1. The van der Waals surface area contributed by atoms with Gasteiger partial charge in [0, 0.05) is 41.2 Å². The summed E-state index contributed by atoms with van der Waals surface area (Å²) in [6, 6.07) is 18.4. The fourth-order valence-corrected chi connectivity index (χ4v) is 7.79. The monoisotopic (exact) mass is 625 g/mol. The van der Waals surface area contributed by atoms with Crippen LogP contribution < -0.4 is 22.5 Å². The van der Waals surface area contributed by atoms with E-state index in [-0.39, 0.29) is 22.9 Å². The number of aromatic nitrogens is 3. The molecule has 0 amide bonds. The Morgan fingerprint density at radius 3 is 2.62 bits per heavy atom. The number of aryl methyl sites for hydroxylation is 1. The molecule has 8 nitrogen and oxygen atoms in total. The van der Waals surface area contributed by atoms with E-state index in [9.17, 15) is 4.79 Å². The number of hydrogen-bond acceptors (Lipinski definition) is 6. The minimum absolute atomic E-state index is 0.183. The van der Waals surface area contributed by atoms with Crippen LogP contribution in [0.4, 0.5) is 0 Å². The third-order valence-electron chi connectivity index (χ3n) is 9.57. The van der Waals surface area contributed by atoms with E-state index in [1.807, 2.05) is 18.3 Å². The van der Waals surface area contributed by atoms with Crippen molar-refractivity contribution in [2.75, 3.05) is 5.75 Å². The summed E-state index contributed by atoms with van der Waals surface area (Å²) in [6.45, 7) is 2.08. The van der Waals surface area contributed by atoms with E-state index < -0.39 is 0 Å². The molecule has 1 aliphatic heterocycles. The van der Waals surface area contributed by atoms with Crippen molar-refractivity contribution in [3.8, 4) is 16.9 Å². The van der Waals surface area contributed by atoms with Gasteiger partial charge < -0.3 is 21.8 Å². The summed E-state index contributed by atoms with van der Waals surface area (Å²) in [4.78, 5) is 21.1. The van der Waals surface area contributed by atoms with Crippen LogP contribution in [0.25, 0.3) is 28.0 Å². The first-order chi connectivity index (χ1) is 21.8. The summed E-state index contributed by atoms with van der Waals surface area (Å²) < 4.78 is 1.65. The van der Waals surface area contributed by atoms with E-state index in [2.05, 4.69) is 58.6 Å². The average molecular weight is 626 g/mol. The number of nitrogens with one attached hydrogen (secondary N) is 3. The molecular weight excluding hydrogens is 579 g/mol. The fourth-order valence-electron chi connectivity index (χ4n) is 7.16. The molecule has 0 radical (unpaired) electrons. The summed E-state index contributed by atoms with van der Waals surface area (Å²) in [7, 11) is 0. The highest BCUT2D eigenvalue weighted by Gasteiger charge is 2.23. The molecule has 6 rings (SSSR count). The van der Waals surface area contributed by atoms with Gasteiger partial charge in [-0.05, 0) is 117 Å². The molecule has 2 fully saturated rings. The zero-order valence-electron chi connectivity index (χ0n) is 26.4. The molecule has 2 aromatic carbocycles. The molecule has 7 N–H and O–H groups in total. The third-order valence-corrected chi connectivity index (χ3v) is 10.3. The molecule has 1 unspecified atom stereocenters. The van der Waals surface area contributed by atoms with Crippen LogP contribution in [-0.2, 0) is 6.42 Å². The third kappa shape index (κ3) is 7.88. The molecule has 1 saturated heterocycles. The number of piperidine rings is 1. The highest BCUT2D eigenvalue weighted by atomic mass is 32.2. The van der Waals surface area contributed by atoms with Crippen molar-refractivity contribution >= 4 is 28.0 Å². The number of hydrogen-bond donors (Lipinski definition) is 5. The Morgan fingerprint density at radius 1 is 1.07 bits per heavy atom. The van der Waals surface area contributed by atoms with Crippen molar-refractivity contribution in [3.63, 3.8) is 0 Å². The van der Waals surface area contributed by atoms with Crippen LogP contribution >= 0.6 is 11.8 Å². The van der Waals surface area contributed by atoms with Gasteiger partial charge in [-0.2, -0.15) is 4.98 Å². The van der Waals surface area contributed by atoms with Gasteiger partial charge in [-0.25, -0.2) is 4.79 Å². The minimum Gasteiger partial charge on any atom is -0.379 e. The first-order valence-corrected chi connectivity index (χ1v) is 17.7. The second kappa shape index (κ2) is 14.4. The summed E-state index contributed by atoms with van der Waals surface area (Å²) in [5.41, 5.74) is 18.9. The summed E-state index contributed by atoms with van der Waals surface area (Å²) in [6.07, 6.45) is 14.5. The predicted octanol–water partition coefficient (Wildman–Crippen LogP) is 6.91. The smallest absolute Gasteiger partial charge is 0.354 e. The van der Waals surface area contributed by atoms with Crippen molar-refractivity contribution in [2.24, 2.45) is 11.5 Å². The first kappa shape index (κ1) is 31.6. The lowest BCUT2D eigenvalue weighted by Crippen LogP contribution is -2.37. The SMILES string of the molecule is C[C@H](N)CCCc1cc(-c2cc3cn(-c4ccc(C5CCC[C@@H](CCSC(=N)N)N5)cc4)c(=O)nc3[nH]2)cc(C2CCCC2)c1. The van der Waals surface area contributed by atoms with Gasteiger partial charge in [0.2, 0.25) is 0 Å². The van der Waals surface area contributed by atoms with Crippen molar-refractivity contribution in [1.29, 1.82) is 5.41 Å². The van der Waals surface area contributed by atoms with E-state index in [0.29, 0.717) is 17.6 Å². The number of aromatic amines is 1. The summed E-state index contributed by atoms with van der Waals surface area (Å²) in [5.74, 6) is 1.48. The largest absolute Gasteiger partial charge is 0.379 e. The Kier molecular flexibility index (Phi) is 10.1. The van der Waals surface area contributed by atoms with Gasteiger partial charge in [0.05, 0.1) is 5.69 Å². The van der Waals surface area contributed by atoms with E-state index >= 15 is 0 Å². The standard InChI is InChI=1S/C36H47N7OS/c1-23(37)6-4-7-24-18-27(25-8-2-3-9-25)20-28(19-24)33-21-29-22-43(36(44)42-34(29)41-33)31-14-12-26(13-15-31)32-11-5-10-30(40-32)16-17-45-35(38)39/h12-15,18-23,25,30,32,40H,2-11,16-17,37H2,1H3,(H3,38,39)(H,41,42,44)/t23-,30-,32?/m0/s1. The lowest BCUT2D eigenvalue weighted by atomic mass is 9.91. The molecule has 45 heavy (non-hydrogen) atoms. The lowest BCUT2D eigenvalue weighted by molar-refractivity contribution is 0.320. The molecule has 1 aliphatic carbocycles. The van der Waals surface area contributed by atoms with Crippen LogP contribution in [0.15, 0.2) is 59.5 Å². The molecule has 3 atom stereocenters. The Hall–Kier alpha value is -3.40. The van der Waals surface area contributed by atoms with Crippen LogP contribution in [0.5, 0.6) is 0 Å². The van der Waals surface area contributed by atoms with Crippen LogP contribution in [-0.4, -0.2) is 37.5 Å². The maximum Gasteiger partial charge on any atom is 0.354 e. The summed E-state index contributed by atoms with van der Waals surface area (Å²) in [5, 5.41) is 12.3. The predicted molar refractivity (Wildman–Crippen MR) is 187 cm³/mol. The number of nitrogens with zero attached hydrogens (tertiary/aromatic N) is 2. The molecule has 4 aromatic rings. The first-order valence-electron chi connectivity index (χ1n) is 16.7. The molecular formula is C36H47N7OS. The molecule has 0 bridgehead atoms. The van der Waals surface area contributed by atoms with E-state index in [1.54, 1.807) is 4.57 Å². The highest BCUT2D eigenvalue weighted by Crippen LogP contribution is 2.37. The van der Waals surface area contributed by atoms with Gasteiger partial charge in [0.25, 0.3) is 0 Å². The van der Waals surface area contributed by atoms with Gasteiger partial charge in [-0.3, -0.25) is 9.98 Å². The zero-order valence-corrected chi connectivity index (χ0v) is 27.2. The van der Waals surface area contributed by atoms with Gasteiger partial charge in [0.1, 0.15) is 5.65 Å². The number of nitrogens with two attached hydrogens (primary N) is 2. The number of thioether (sulfide) groups is 1. The van der Waals surface area contributed by atoms with Gasteiger partial charge in [-0.15, -0.1) is 0 Å². The number of amidine groups is 1. The van der Waals surface area contributed by atoms with E-state index in [4.69, 9.17) is 16.9 Å². The fraction of sp³-hybridized carbons (Fsp3) is 0.472. The van der Waals surface area contributed by atoms with Crippen molar-refractivity contribution in [2.45, 2.75) is 102 Å². The van der Waals surface area contributed by atoms with Crippen molar-refractivity contribution in [1.82, 2.24) is 19.9 Å². The van der Waals surface area contributed by atoms with Crippen LogP contribution in [0, 0.1) is 5.41 Å². The molecule has 2 aromatic heterocycles. The molecule has 238 valence electrons.